The van der Waals surface area contributed by atoms with Gasteiger partial charge in [-0.1, -0.05) is 78.9 Å². The molecule has 226 valence electrons. The average molecular weight is 600 g/mol. The fourth-order valence-corrected chi connectivity index (χ4v) is 5.85. The van der Waals surface area contributed by atoms with E-state index >= 15 is 0 Å². The summed E-state index contributed by atoms with van der Waals surface area (Å²) in [5.41, 5.74) is 4.82. The van der Waals surface area contributed by atoms with Crippen molar-refractivity contribution in [2.75, 3.05) is 26.2 Å². The minimum atomic E-state index is -1.19. The molecule has 9 nitrogen and oxygen atoms in total. The van der Waals surface area contributed by atoms with Crippen LogP contribution in [0.4, 0.5) is 0 Å². The molecule has 1 aliphatic heterocycles. The van der Waals surface area contributed by atoms with Crippen LogP contribution < -0.4 is 5.32 Å². The van der Waals surface area contributed by atoms with Crippen molar-refractivity contribution in [3.05, 3.63) is 131 Å². The maximum atomic E-state index is 14.2. The number of aromatic nitrogens is 2. The number of carbonyl (C=O) groups excluding carboxylic acids is 2. The van der Waals surface area contributed by atoms with E-state index in [-0.39, 0.29) is 29.0 Å². The normalized spacial score (nSPS) is 14.2. The quantitative estimate of drug-likeness (QED) is 0.244. The van der Waals surface area contributed by atoms with Gasteiger partial charge < -0.3 is 15.3 Å². The number of nitrogens with zero attached hydrogens (tertiary/aromatic N) is 4. The number of hydrogen-bond donors (Lipinski definition) is 2. The van der Waals surface area contributed by atoms with Gasteiger partial charge in [0.1, 0.15) is 0 Å². The Morgan fingerprint density at radius 1 is 0.844 bits per heavy atom. The third-order valence-corrected chi connectivity index (χ3v) is 8.24. The molecule has 0 bridgehead atoms. The molecule has 45 heavy (non-hydrogen) atoms. The fourth-order valence-electron chi connectivity index (χ4n) is 5.85. The van der Waals surface area contributed by atoms with Crippen LogP contribution in [0.3, 0.4) is 0 Å². The lowest BCUT2D eigenvalue weighted by molar-refractivity contribution is 0.0608. The number of nitrogens with one attached hydrogen (secondary N) is 1. The van der Waals surface area contributed by atoms with Gasteiger partial charge in [0.25, 0.3) is 11.8 Å². The number of fused-ring (bicyclic) bond motifs is 1. The molecule has 0 aliphatic carbocycles. The van der Waals surface area contributed by atoms with Crippen molar-refractivity contribution >= 4 is 28.7 Å². The molecule has 0 spiro atoms. The van der Waals surface area contributed by atoms with Crippen LogP contribution >= 0.6 is 0 Å². The molecule has 1 fully saturated rings. The maximum absolute atomic E-state index is 14.2. The van der Waals surface area contributed by atoms with Crippen LogP contribution in [0.2, 0.25) is 0 Å². The SMILES string of the molecule is C[C@H](NC(=O)c1c(CN2CCN(C(=O)c3ccncc3C(=O)O)CC2)c(-c2ccccc2)nc2ccccc12)c1ccccc1. The molecule has 0 unspecified atom stereocenters. The highest BCUT2D eigenvalue weighted by Gasteiger charge is 2.29. The Morgan fingerprint density at radius 2 is 1.51 bits per heavy atom. The van der Waals surface area contributed by atoms with Gasteiger partial charge >= 0.3 is 5.97 Å². The summed E-state index contributed by atoms with van der Waals surface area (Å²) in [7, 11) is 0. The smallest absolute Gasteiger partial charge is 0.338 e. The van der Waals surface area contributed by atoms with Crippen LogP contribution in [0.25, 0.3) is 22.2 Å². The molecule has 9 heteroatoms. The Balaban J connectivity index is 1.33. The molecule has 5 aromatic rings. The third-order valence-electron chi connectivity index (χ3n) is 8.24. The molecule has 2 amide bonds. The van der Waals surface area contributed by atoms with Crippen molar-refractivity contribution in [1.82, 2.24) is 25.1 Å². The van der Waals surface area contributed by atoms with Gasteiger partial charge in [0, 0.05) is 61.6 Å². The molecule has 0 saturated carbocycles. The summed E-state index contributed by atoms with van der Waals surface area (Å²) in [6.07, 6.45) is 2.63. The Labute approximate surface area is 261 Å². The number of carboxylic acids is 1. The van der Waals surface area contributed by atoms with E-state index in [1.165, 1.54) is 18.5 Å². The zero-order valence-corrected chi connectivity index (χ0v) is 24.9. The standard InChI is InChI=1S/C36H33N5O4/c1-24(25-10-4-2-5-11-25)38-34(42)32-28-14-8-9-15-31(28)39-33(26-12-6-3-7-13-26)30(32)23-40-18-20-41(21-19-40)35(43)27-16-17-37-22-29(27)36(44)45/h2-17,22,24H,18-21,23H2,1H3,(H,38,42)(H,44,45)/t24-/m0/s1. The van der Waals surface area contributed by atoms with Gasteiger partial charge in [0.2, 0.25) is 0 Å². The average Bonchev–Trinajstić information content (AvgIpc) is 3.08. The second kappa shape index (κ2) is 13.1. The molecule has 3 aromatic carbocycles. The van der Waals surface area contributed by atoms with Crippen molar-refractivity contribution in [2.45, 2.75) is 19.5 Å². The largest absolute Gasteiger partial charge is 0.478 e. The molecule has 1 atom stereocenters. The summed E-state index contributed by atoms with van der Waals surface area (Å²) in [5, 5.41) is 13.5. The number of amides is 2. The van der Waals surface area contributed by atoms with Crippen LogP contribution in [-0.4, -0.2) is 68.8 Å². The molecule has 3 heterocycles. The number of carboxylic acid groups (broad SMARTS) is 1. The van der Waals surface area contributed by atoms with Gasteiger partial charge in [0.05, 0.1) is 33.9 Å². The second-order valence-electron chi connectivity index (χ2n) is 11.1. The highest BCUT2D eigenvalue weighted by Crippen LogP contribution is 2.32. The van der Waals surface area contributed by atoms with Crippen LogP contribution in [0, 0.1) is 0 Å². The lowest BCUT2D eigenvalue weighted by Crippen LogP contribution is -2.48. The number of carbonyl (C=O) groups is 3. The Hall–Kier alpha value is -5.41. The first-order valence-corrected chi connectivity index (χ1v) is 14.9. The van der Waals surface area contributed by atoms with Crippen molar-refractivity contribution < 1.29 is 19.5 Å². The van der Waals surface area contributed by atoms with Gasteiger partial charge in [-0.3, -0.25) is 19.5 Å². The molecule has 1 aliphatic rings. The first-order chi connectivity index (χ1) is 21.9. The summed E-state index contributed by atoms with van der Waals surface area (Å²) in [4.78, 5) is 52.0. The van der Waals surface area contributed by atoms with Crippen LogP contribution in [0.1, 0.15) is 55.2 Å². The van der Waals surface area contributed by atoms with E-state index in [0.29, 0.717) is 38.3 Å². The Bertz CT molecular complexity index is 1850. The molecule has 0 radical (unpaired) electrons. The zero-order chi connectivity index (χ0) is 31.3. The van der Waals surface area contributed by atoms with Gasteiger partial charge in [-0.25, -0.2) is 9.78 Å². The Kier molecular flexibility index (Phi) is 8.61. The number of para-hydroxylation sites is 1. The molecular weight excluding hydrogens is 566 g/mol. The van der Waals surface area contributed by atoms with Crippen LogP contribution in [0.15, 0.2) is 103 Å². The van der Waals surface area contributed by atoms with E-state index < -0.39 is 5.97 Å². The van der Waals surface area contributed by atoms with Gasteiger partial charge in [-0.05, 0) is 24.6 Å². The predicted octanol–water partition coefficient (Wildman–Crippen LogP) is 5.44. The summed E-state index contributed by atoms with van der Waals surface area (Å²) < 4.78 is 0. The summed E-state index contributed by atoms with van der Waals surface area (Å²) >= 11 is 0. The van der Waals surface area contributed by atoms with E-state index in [1.54, 1.807) is 4.90 Å². The molecule has 6 rings (SSSR count). The number of rotatable bonds is 8. The first-order valence-electron chi connectivity index (χ1n) is 14.9. The van der Waals surface area contributed by atoms with Crippen molar-refractivity contribution in [3.63, 3.8) is 0 Å². The topological polar surface area (TPSA) is 116 Å². The second-order valence-corrected chi connectivity index (χ2v) is 11.1. The van der Waals surface area contributed by atoms with Gasteiger partial charge in [0.15, 0.2) is 0 Å². The molecular formula is C36H33N5O4. The maximum Gasteiger partial charge on any atom is 0.338 e. The van der Waals surface area contributed by atoms with Gasteiger partial charge in [-0.15, -0.1) is 0 Å². The van der Waals surface area contributed by atoms with Crippen molar-refractivity contribution in [2.24, 2.45) is 0 Å². The minimum absolute atomic E-state index is 0.111. The Morgan fingerprint density at radius 3 is 2.22 bits per heavy atom. The summed E-state index contributed by atoms with van der Waals surface area (Å²) in [6.45, 7) is 4.33. The third kappa shape index (κ3) is 6.30. The molecule has 2 aromatic heterocycles. The first kappa shape index (κ1) is 29.7. The van der Waals surface area contributed by atoms with Gasteiger partial charge in [-0.2, -0.15) is 0 Å². The fraction of sp³-hybridized carbons (Fsp3) is 0.194. The molecule has 1 saturated heterocycles. The van der Waals surface area contributed by atoms with E-state index in [1.807, 2.05) is 91.9 Å². The number of hydrogen-bond acceptors (Lipinski definition) is 6. The number of pyridine rings is 2. The monoisotopic (exact) mass is 599 g/mol. The number of piperazine rings is 1. The van der Waals surface area contributed by atoms with E-state index in [4.69, 9.17) is 4.98 Å². The molecule has 2 N–H and O–H groups in total. The number of benzene rings is 3. The highest BCUT2D eigenvalue weighted by molar-refractivity contribution is 6.09. The highest BCUT2D eigenvalue weighted by atomic mass is 16.4. The van der Waals surface area contributed by atoms with Crippen molar-refractivity contribution in [1.29, 1.82) is 0 Å². The summed E-state index contributed by atoms with van der Waals surface area (Å²) in [6, 6.07) is 28.7. The minimum Gasteiger partial charge on any atom is -0.478 e. The lowest BCUT2D eigenvalue weighted by Gasteiger charge is -2.35. The number of aromatic carboxylic acids is 1. The summed E-state index contributed by atoms with van der Waals surface area (Å²) in [5.74, 6) is -1.69. The van der Waals surface area contributed by atoms with Crippen LogP contribution in [0.5, 0.6) is 0 Å². The van der Waals surface area contributed by atoms with Crippen LogP contribution in [-0.2, 0) is 6.54 Å². The van der Waals surface area contributed by atoms with E-state index in [9.17, 15) is 19.5 Å². The van der Waals surface area contributed by atoms with Crippen molar-refractivity contribution in [3.8, 4) is 11.3 Å². The lowest BCUT2D eigenvalue weighted by atomic mass is 9.95. The van der Waals surface area contributed by atoms with E-state index in [0.717, 1.165) is 33.3 Å². The van der Waals surface area contributed by atoms with E-state index in [2.05, 4.69) is 15.2 Å². The zero-order valence-electron chi connectivity index (χ0n) is 24.9. The predicted molar refractivity (Wildman–Crippen MR) is 172 cm³/mol.